The fourth-order valence-electron chi connectivity index (χ4n) is 2.91. The van der Waals surface area contributed by atoms with Crippen LogP contribution < -0.4 is 0 Å². The molecule has 3 atom stereocenters. The van der Waals surface area contributed by atoms with E-state index < -0.39 is 58.4 Å². The van der Waals surface area contributed by atoms with Crippen LogP contribution in [0.3, 0.4) is 0 Å². The van der Waals surface area contributed by atoms with Gasteiger partial charge >= 0.3 is 19.8 Å². The van der Waals surface area contributed by atoms with Gasteiger partial charge in [0.2, 0.25) is 0 Å². The summed E-state index contributed by atoms with van der Waals surface area (Å²) >= 11 is 0. The molecule has 0 aromatic carbocycles. The smallest absolute Gasteiger partial charge is 0.457 e. The maximum atomic E-state index is 12.0. The maximum Gasteiger partial charge on any atom is 0.472 e. The van der Waals surface area contributed by atoms with Crippen molar-refractivity contribution in [1.82, 2.24) is 0 Å². The summed E-state index contributed by atoms with van der Waals surface area (Å²) in [5.74, 6) is -1.07. The molecule has 35 heavy (non-hydrogen) atoms. The second kappa shape index (κ2) is 21.9. The molecule has 0 bridgehead atoms. The van der Waals surface area contributed by atoms with E-state index in [4.69, 9.17) is 18.5 Å². The molecule has 11 heteroatoms. The average Bonchev–Trinajstić information content (AvgIpc) is 2.84. The van der Waals surface area contributed by atoms with Gasteiger partial charge in [-0.1, -0.05) is 58.1 Å². The summed E-state index contributed by atoms with van der Waals surface area (Å²) in [7, 11) is -4.59. The Hall–Kier alpha value is -1.29. The number of esters is 2. The first-order valence-electron chi connectivity index (χ1n) is 12.6. The van der Waals surface area contributed by atoms with Crippen LogP contribution in [-0.2, 0) is 32.7 Å². The molecule has 0 fully saturated rings. The number of unbranched alkanes of at least 4 members (excludes halogenated alkanes) is 7. The minimum absolute atomic E-state index is 0.167. The molecule has 0 saturated heterocycles. The van der Waals surface area contributed by atoms with Crippen LogP contribution in [0.25, 0.3) is 0 Å². The van der Waals surface area contributed by atoms with E-state index >= 15 is 0 Å². The number of phosphoric ester groups is 1. The van der Waals surface area contributed by atoms with Gasteiger partial charge in [-0.15, -0.1) is 0 Å². The van der Waals surface area contributed by atoms with Crippen LogP contribution in [0, 0.1) is 0 Å². The second-order valence-electron chi connectivity index (χ2n) is 8.32. The van der Waals surface area contributed by atoms with Gasteiger partial charge in [-0.3, -0.25) is 18.6 Å². The van der Waals surface area contributed by atoms with Gasteiger partial charge in [-0.25, -0.2) is 4.57 Å². The van der Waals surface area contributed by atoms with Crippen molar-refractivity contribution in [3.63, 3.8) is 0 Å². The Kier molecular flexibility index (Phi) is 21.1. The molecule has 0 aliphatic heterocycles. The molecule has 0 aromatic heterocycles. The van der Waals surface area contributed by atoms with E-state index in [0.29, 0.717) is 12.8 Å². The van der Waals surface area contributed by atoms with Gasteiger partial charge in [0.05, 0.1) is 26.4 Å². The monoisotopic (exact) mass is 524 g/mol. The highest BCUT2D eigenvalue weighted by Crippen LogP contribution is 2.43. The van der Waals surface area contributed by atoms with E-state index in [1.54, 1.807) is 0 Å². The predicted octanol–water partition coefficient (Wildman–Crippen LogP) is 4.21. The summed E-state index contributed by atoms with van der Waals surface area (Å²) in [6, 6.07) is 0. The number of aliphatic hydroxyl groups is 2. The van der Waals surface area contributed by atoms with E-state index in [9.17, 15) is 29.3 Å². The zero-order valence-corrected chi connectivity index (χ0v) is 22.2. The third-order valence-electron chi connectivity index (χ3n) is 4.96. The summed E-state index contributed by atoms with van der Waals surface area (Å²) in [5.41, 5.74) is 0. The summed E-state index contributed by atoms with van der Waals surface area (Å²) in [4.78, 5) is 33.4. The van der Waals surface area contributed by atoms with E-state index in [-0.39, 0.29) is 12.8 Å². The van der Waals surface area contributed by atoms with Gasteiger partial charge in [0, 0.05) is 12.8 Å². The average molecular weight is 525 g/mol. The van der Waals surface area contributed by atoms with Crippen molar-refractivity contribution < 1.29 is 47.8 Å². The van der Waals surface area contributed by atoms with Crippen molar-refractivity contribution in [2.75, 3.05) is 26.4 Å². The molecule has 0 aliphatic carbocycles. The third kappa shape index (κ3) is 20.6. The molecule has 0 aliphatic rings. The molecule has 0 rings (SSSR count). The molecular formula is C24H45O10P. The minimum atomic E-state index is -4.59. The van der Waals surface area contributed by atoms with E-state index in [2.05, 4.69) is 19.1 Å². The van der Waals surface area contributed by atoms with Crippen LogP contribution in [0.15, 0.2) is 12.2 Å². The van der Waals surface area contributed by atoms with Gasteiger partial charge in [0.1, 0.15) is 12.2 Å². The highest BCUT2D eigenvalue weighted by molar-refractivity contribution is 7.47. The Balaban J connectivity index is 4.12. The number of carbonyl (C=O) groups is 2. The lowest BCUT2D eigenvalue weighted by Crippen LogP contribution is -2.28. The lowest BCUT2D eigenvalue weighted by atomic mass is 10.1. The zero-order chi connectivity index (χ0) is 26.4. The largest absolute Gasteiger partial charge is 0.472 e. The molecule has 0 radical (unpaired) electrons. The number of ether oxygens (including phenoxy) is 2. The quantitative estimate of drug-likeness (QED) is 0.0768. The normalized spacial score (nSPS) is 15.0. The van der Waals surface area contributed by atoms with Crippen molar-refractivity contribution in [2.24, 2.45) is 0 Å². The molecule has 3 N–H and O–H groups in total. The van der Waals surface area contributed by atoms with Gasteiger partial charge in [0.15, 0.2) is 0 Å². The van der Waals surface area contributed by atoms with E-state index in [1.165, 1.54) is 0 Å². The van der Waals surface area contributed by atoms with Crippen molar-refractivity contribution in [2.45, 2.75) is 103 Å². The summed E-state index contributed by atoms with van der Waals surface area (Å²) in [6.45, 7) is 1.77. The van der Waals surface area contributed by atoms with Gasteiger partial charge in [-0.2, -0.15) is 0 Å². The van der Waals surface area contributed by atoms with Crippen LogP contribution in [-0.4, -0.2) is 65.7 Å². The topological polar surface area (TPSA) is 149 Å². The van der Waals surface area contributed by atoms with Crippen molar-refractivity contribution >= 4 is 19.8 Å². The molecule has 3 unspecified atom stereocenters. The standard InChI is InChI=1S/C24H45O10P/c1-3-5-7-8-9-10-11-12-13-14-16-24(28)34-22(18-26)20-32-35(29,30)31-19-21(17-25)33-23(27)15-6-4-2/h7-8,21-22,25-26H,3-6,9-20H2,1-2H3,(H,29,30)/b8-7-. The van der Waals surface area contributed by atoms with Crippen LogP contribution in [0.5, 0.6) is 0 Å². The number of phosphoric acid groups is 1. The van der Waals surface area contributed by atoms with Crippen molar-refractivity contribution in [3.8, 4) is 0 Å². The van der Waals surface area contributed by atoms with Crippen molar-refractivity contribution in [1.29, 1.82) is 0 Å². The number of hydrogen-bond acceptors (Lipinski definition) is 9. The Morgan fingerprint density at radius 2 is 1.23 bits per heavy atom. The highest BCUT2D eigenvalue weighted by atomic mass is 31.2. The molecule has 0 saturated carbocycles. The first kappa shape index (κ1) is 33.7. The van der Waals surface area contributed by atoms with E-state index in [0.717, 1.165) is 51.4 Å². The molecule has 0 heterocycles. The Morgan fingerprint density at radius 1 is 0.743 bits per heavy atom. The number of rotatable bonds is 23. The number of carbonyl (C=O) groups excluding carboxylic acids is 2. The lowest BCUT2D eigenvalue weighted by molar-refractivity contribution is -0.153. The number of aliphatic hydroxyl groups excluding tert-OH is 2. The molecule has 10 nitrogen and oxygen atoms in total. The SMILES string of the molecule is CCC/C=C\CCCCCCCC(=O)OC(CO)COP(=O)(O)OCC(CO)OC(=O)CCCC. The summed E-state index contributed by atoms with van der Waals surface area (Å²) in [6.07, 6.45) is 12.1. The number of hydrogen-bond donors (Lipinski definition) is 3. The molecular weight excluding hydrogens is 479 g/mol. The highest BCUT2D eigenvalue weighted by Gasteiger charge is 2.27. The molecule has 206 valence electrons. The van der Waals surface area contributed by atoms with Gasteiger partial charge < -0.3 is 24.6 Å². The molecule has 0 spiro atoms. The first-order chi connectivity index (χ1) is 16.8. The lowest BCUT2D eigenvalue weighted by Gasteiger charge is -2.20. The fraction of sp³-hybridized carbons (Fsp3) is 0.833. The summed E-state index contributed by atoms with van der Waals surface area (Å²) in [5, 5.41) is 18.6. The molecule has 0 amide bonds. The van der Waals surface area contributed by atoms with E-state index in [1.807, 2.05) is 6.92 Å². The first-order valence-corrected chi connectivity index (χ1v) is 14.1. The number of allylic oxidation sites excluding steroid dienone is 2. The van der Waals surface area contributed by atoms with Crippen LogP contribution >= 0.6 is 7.82 Å². The molecule has 0 aromatic rings. The van der Waals surface area contributed by atoms with Crippen LogP contribution in [0.2, 0.25) is 0 Å². The minimum Gasteiger partial charge on any atom is -0.457 e. The maximum absolute atomic E-state index is 12.0. The summed E-state index contributed by atoms with van der Waals surface area (Å²) < 4.78 is 31.6. The Morgan fingerprint density at radius 3 is 1.74 bits per heavy atom. The van der Waals surface area contributed by atoms with Gasteiger partial charge in [-0.05, 0) is 32.1 Å². The van der Waals surface area contributed by atoms with Gasteiger partial charge in [0.25, 0.3) is 0 Å². The Labute approximate surface area is 209 Å². The Bertz CT molecular complexity index is 625. The third-order valence-corrected chi connectivity index (χ3v) is 5.91. The van der Waals surface area contributed by atoms with Crippen LogP contribution in [0.4, 0.5) is 0 Å². The van der Waals surface area contributed by atoms with Crippen LogP contribution in [0.1, 0.15) is 90.9 Å². The fourth-order valence-corrected chi connectivity index (χ4v) is 3.70. The predicted molar refractivity (Wildman–Crippen MR) is 132 cm³/mol. The second-order valence-corrected chi connectivity index (χ2v) is 9.77. The van der Waals surface area contributed by atoms with Crippen molar-refractivity contribution in [3.05, 3.63) is 12.2 Å². The zero-order valence-electron chi connectivity index (χ0n) is 21.3.